The van der Waals surface area contributed by atoms with Crippen LogP contribution < -0.4 is 0 Å². The third-order valence-electron chi connectivity index (χ3n) is 4.00. The number of amides is 1. The minimum Gasteiger partial charge on any atom is -0.302 e. The summed E-state index contributed by atoms with van der Waals surface area (Å²) in [5, 5.41) is 10.9. The number of allylic oxidation sites excluding steroid dienone is 1. The van der Waals surface area contributed by atoms with Gasteiger partial charge in [-0.15, -0.1) is 0 Å². The number of carbonyl (C=O) groups excluding carboxylic acids is 1. The molecule has 0 aromatic heterocycles. The van der Waals surface area contributed by atoms with Gasteiger partial charge in [-0.2, -0.15) is 0 Å². The number of hydrogen-bond donors (Lipinski definition) is 1. The van der Waals surface area contributed by atoms with Gasteiger partial charge in [0.05, 0.1) is 18.8 Å². The smallest absolute Gasteiger partial charge is 0.302 e. The molecule has 7 heteroatoms. The molecule has 0 saturated heterocycles. The summed E-state index contributed by atoms with van der Waals surface area (Å²) >= 11 is 0. The summed E-state index contributed by atoms with van der Waals surface area (Å²) in [6, 6.07) is 0. The van der Waals surface area contributed by atoms with E-state index in [9.17, 15) is 14.6 Å². The third-order valence-corrected chi connectivity index (χ3v) is 5.86. The van der Waals surface area contributed by atoms with Crippen LogP contribution in [0.4, 0.5) is 4.79 Å². The van der Waals surface area contributed by atoms with E-state index in [1.54, 1.807) is 13.8 Å². The summed E-state index contributed by atoms with van der Waals surface area (Å²) in [6.07, 6.45) is 6.20. The molecule has 0 atom stereocenters. The second kappa shape index (κ2) is 5.98. The highest BCUT2D eigenvalue weighted by molar-refractivity contribution is 7.71. The lowest BCUT2D eigenvalue weighted by molar-refractivity contribution is -0.136. The topological polar surface area (TPSA) is 76.1 Å². The normalized spacial score (nSPS) is 20.6. The summed E-state index contributed by atoms with van der Waals surface area (Å²) in [6.45, 7) is 3.45. The van der Waals surface area contributed by atoms with Crippen LogP contribution in [0.15, 0.2) is 11.6 Å². The first-order chi connectivity index (χ1) is 9.50. The Morgan fingerprint density at radius 3 is 2.25 bits per heavy atom. The minimum atomic E-state index is -3.96. The molecule has 2 aliphatic carbocycles. The maximum absolute atomic E-state index is 12.5. The first-order valence-electron chi connectivity index (χ1n) is 7.12. The van der Waals surface area contributed by atoms with Gasteiger partial charge >= 0.3 is 13.2 Å². The van der Waals surface area contributed by atoms with Gasteiger partial charge in [0.15, 0.2) is 0 Å². The van der Waals surface area contributed by atoms with Crippen molar-refractivity contribution in [2.75, 3.05) is 13.2 Å². The fourth-order valence-electron chi connectivity index (χ4n) is 2.68. The van der Waals surface area contributed by atoms with Crippen molar-refractivity contribution in [3.8, 4) is 0 Å². The molecule has 20 heavy (non-hydrogen) atoms. The number of hydroxylamine groups is 2. The van der Waals surface area contributed by atoms with Gasteiger partial charge in [-0.25, -0.2) is 9.63 Å². The second-order valence-corrected chi connectivity index (χ2v) is 6.97. The van der Waals surface area contributed by atoms with E-state index in [1.165, 1.54) is 0 Å². The molecule has 2 rings (SSSR count). The Labute approximate surface area is 119 Å². The number of rotatable bonds is 7. The molecule has 114 valence electrons. The van der Waals surface area contributed by atoms with Crippen molar-refractivity contribution < 1.29 is 23.6 Å². The van der Waals surface area contributed by atoms with E-state index in [4.69, 9.17) is 9.05 Å². The van der Waals surface area contributed by atoms with Gasteiger partial charge in [0.25, 0.3) is 0 Å². The molecule has 0 unspecified atom stereocenters. The summed E-state index contributed by atoms with van der Waals surface area (Å²) < 4.78 is 22.5. The molecular formula is C13H22NO5P. The lowest BCUT2D eigenvalue weighted by Gasteiger charge is -2.50. The van der Waals surface area contributed by atoms with Gasteiger partial charge in [-0.3, -0.25) is 10.0 Å². The molecule has 2 aliphatic rings. The molecule has 1 fully saturated rings. The van der Waals surface area contributed by atoms with E-state index in [0.29, 0.717) is 17.9 Å². The van der Waals surface area contributed by atoms with Crippen LogP contribution in [-0.4, -0.2) is 34.7 Å². The summed E-state index contributed by atoms with van der Waals surface area (Å²) in [5.74, 6) is 0. The lowest BCUT2D eigenvalue weighted by Crippen LogP contribution is -2.56. The van der Waals surface area contributed by atoms with Crippen LogP contribution in [0, 0.1) is 0 Å². The Morgan fingerprint density at radius 1 is 1.40 bits per heavy atom. The zero-order chi connectivity index (χ0) is 14.8. The Balaban J connectivity index is 2.20. The van der Waals surface area contributed by atoms with Gasteiger partial charge < -0.3 is 9.05 Å². The van der Waals surface area contributed by atoms with Crippen LogP contribution in [0.25, 0.3) is 0 Å². The van der Waals surface area contributed by atoms with Gasteiger partial charge in [0, 0.05) is 0 Å². The molecule has 0 aromatic carbocycles. The number of hydrogen-bond acceptors (Lipinski definition) is 5. The summed E-state index contributed by atoms with van der Waals surface area (Å²) in [5.41, 5.74) is -0.577. The number of carbonyl (C=O) groups is 1. The average Bonchev–Trinajstić information content (AvgIpc) is 2.30. The van der Waals surface area contributed by atoms with Crippen molar-refractivity contribution >= 4 is 13.2 Å². The predicted octanol–water partition coefficient (Wildman–Crippen LogP) is 3.71. The van der Waals surface area contributed by atoms with Crippen molar-refractivity contribution in [1.29, 1.82) is 0 Å². The van der Waals surface area contributed by atoms with Gasteiger partial charge in [0.2, 0.25) is 0 Å². The van der Waals surface area contributed by atoms with Gasteiger partial charge in [-0.1, -0.05) is 6.08 Å². The van der Waals surface area contributed by atoms with Crippen LogP contribution in [-0.2, 0) is 13.6 Å². The lowest BCUT2D eigenvalue weighted by atomic mass is 9.67. The van der Waals surface area contributed by atoms with Crippen LogP contribution >= 0.6 is 7.60 Å². The molecule has 6 nitrogen and oxygen atoms in total. The van der Waals surface area contributed by atoms with Crippen LogP contribution in [0.5, 0.6) is 0 Å². The fourth-order valence-corrected chi connectivity index (χ4v) is 4.08. The predicted molar refractivity (Wildman–Crippen MR) is 73.8 cm³/mol. The van der Waals surface area contributed by atoms with E-state index in [2.05, 4.69) is 0 Å². The molecule has 1 N–H and O–H groups in total. The van der Waals surface area contributed by atoms with E-state index in [-0.39, 0.29) is 13.2 Å². The van der Waals surface area contributed by atoms with Crippen molar-refractivity contribution in [3.05, 3.63) is 11.6 Å². The highest BCUT2D eigenvalue weighted by Crippen LogP contribution is 2.55. The Bertz CT molecular complexity index is 448. The van der Waals surface area contributed by atoms with E-state index >= 15 is 0 Å². The van der Waals surface area contributed by atoms with Crippen LogP contribution in [0.1, 0.15) is 46.0 Å². The molecule has 0 aromatic rings. The van der Waals surface area contributed by atoms with Crippen molar-refractivity contribution in [3.63, 3.8) is 0 Å². The molecule has 0 aliphatic heterocycles. The van der Waals surface area contributed by atoms with Gasteiger partial charge in [-0.05, 0) is 51.5 Å². The summed E-state index contributed by atoms with van der Waals surface area (Å²) in [4.78, 5) is 12.4. The van der Waals surface area contributed by atoms with Crippen molar-refractivity contribution in [2.24, 2.45) is 0 Å². The Hall–Kier alpha value is -0.680. The highest BCUT2D eigenvalue weighted by atomic mass is 31.2. The summed E-state index contributed by atoms with van der Waals surface area (Å²) in [7, 11) is -3.96. The minimum absolute atomic E-state index is 0.0898. The highest BCUT2D eigenvalue weighted by Gasteiger charge is 2.53. The molecule has 0 spiro atoms. The number of nitrogens with zero attached hydrogens (tertiary/aromatic N) is 1. The molecule has 0 radical (unpaired) electrons. The molecular weight excluding hydrogens is 281 g/mol. The van der Waals surface area contributed by atoms with Crippen molar-refractivity contribution in [2.45, 2.75) is 51.5 Å². The Kier molecular flexibility index (Phi) is 4.69. The fraction of sp³-hybridized carbons (Fsp3) is 0.769. The van der Waals surface area contributed by atoms with E-state index < -0.39 is 18.8 Å². The van der Waals surface area contributed by atoms with Gasteiger partial charge in [0.1, 0.15) is 0 Å². The molecule has 0 heterocycles. The first kappa shape index (κ1) is 15.7. The third kappa shape index (κ3) is 2.46. The monoisotopic (exact) mass is 303 g/mol. The van der Waals surface area contributed by atoms with Crippen molar-refractivity contribution in [1.82, 2.24) is 5.06 Å². The van der Waals surface area contributed by atoms with Crippen LogP contribution in [0.2, 0.25) is 0 Å². The van der Waals surface area contributed by atoms with E-state index in [1.807, 2.05) is 6.08 Å². The average molecular weight is 303 g/mol. The quantitative estimate of drug-likeness (QED) is 0.336. The first-order valence-corrected chi connectivity index (χ1v) is 8.66. The van der Waals surface area contributed by atoms with Crippen LogP contribution in [0.3, 0.4) is 0 Å². The largest absolute Gasteiger partial charge is 0.420 e. The maximum Gasteiger partial charge on any atom is 0.420 e. The standard InChI is InChI=1S/C13H22NO5P/c1-3-18-20(17,19-4-2)12(15)14(16)13(9-6-10-13)11-7-5-8-11/h7,16H,3-6,8-10H2,1-2H3. The molecule has 0 bridgehead atoms. The van der Waals surface area contributed by atoms with E-state index in [0.717, 1.165) is 24.8 Å². The Morgan fingerprint density at radius 2 is 1.95 bits per heavy atom. The molecule has 1 amide bonds. The zero-order valence-electron chi connectivity index (χ0n) is 12.0. The maximum atomic E-state index is 12.5. The SMILES string of the molecule is CCOP(=O)(OCC)C(=O)N(O)C1(C2=CCC2)CCC1. The zero-order valence-corrected chi connectivity index (χ0v) is 12.9. The molecule has 1 saturated carbocycles. The second-order valence-electron chi connectivity index (χ2n) is 5.08.